The molecule has 1 aliphatic rings. The molecule has 1 N–H and O–H groups in total. The highest BCUT2D eigenvalue weighted by atomic mass is 16.5. The normalized spacial score (nSPS) is 21.0. The first-order valence-corrected chi connectivity index (χ1v) is 8.17. The van der Waals surface area contributed by atoms with Gasteiger partial charge in [-0.2, -0.15) is 0 Å². The van der Waals surface area contributed by atoms with Crippen LogP contribution in [0.5, 0.6) is 0 Å². The van der Waals surface area contributed by atoms with Gasteiger partial charge in [-0.3, -0.25) is 4.90 Å². The van der Waals surface area contributed by atoms with Crippen LogP contribution in [-0.4, -0.2) is 44.3 Å². The van der Waals surface area contributed by atoms with Gasteiger partial charge in [-0.15, -0.1) is 0 Å². The number of morpholine rings is 1. The molecule has 0 amide bonds. The van der Waals surface area contributed by atoms with Gasteiger partial charge in [-0.05, 0) is 37.4 Å². The zero-order valence-electron chi connectivity index (χ0n) is 13.9. The fraction of sp³-hybridized carbons (Fsp3) is 0.667. The lowest BCUT2D eigenvalue weighted by atomic mass is 9.99. The monoisotopic (exact) mass is 290 g/mol. The number of nitrogens with zero attached hydrogens (tertiary/aromatic N) is 1. The Morgan fingerprint density at radius 2 is 1.95 bits per heavy atom. The van der Waals surface area contributed by atoms with Gasteiger partial charge in [0.05, 0.1) is 12.7 Å². The molecule has 1 fully saturated rings. The molecule has 0 radical (unpaired) electrons. The lowest BCUT2D eigenvalue weighted by Crippen LogP contribution is -2.44. The summed E-state index contributed by atoms with van der Waals surface area (Å²) in [4.78, 5) is 2.38. The first kappa shape index (κ1) is 16.5. The molecule has 0 aromatic heterocycles. The van der Waals surface area contributed by atoms with Gasteiger partial charge in [0.25, 0.3) is 0 Å². The van der Waals surface area contributed by atoms with E-state index in [4.69, 9.17) is 4.74 Å². The quantitative estimate of drug-likeness (QED) is 0.872. The molecule has 1 aliphatic heterocycles. The molecule has 1 aromatic carbocycles. The lowest BCUT2D eigenvalue weighted by Gasteiger charge is -2.31. The SMILES string of the molecule is CC(C)Cc1ccc(C(C)N(C)CC2CNCCO2)cc1. The average molecular weight is 290 g/mol. The van der Waals surface area contributed by atoms with Crippen LogP contribution in [0.4, 0.5) is 0 Å². The van der Waals surface area contributed by atoms with Crippen molar-refractivity contribution in [3.63, 3.8) is 0 Å². The molecule has 2 unspecified atom stereocenters. The third kappa shape index (κ3) is 5.10. The number of nitrogens with one attached hydrogen (secondary N) is 1. The zero-order chi connectivity index (χ0) is 15.2. The summed E-state index contributed by atoms with van der Waals surface area (Å²) in [5.74, 6) is 0.715. The van der Waals surface area contributed by atoms with Crippen LogP contribution in [0.15, 0.2) is 24.3 Å². The second kappa shape index (κ2) is 7.92. The Kier molecular flexibility index (Phi) is 6.22. The van der Waals surface area contributed by atoms with E-state index >= 15 is 0 Å². The first-order chi connectivity index (χ1) is 10.1. The molecule has 3 nitrogen and oxygen atoms in total. The highest BCUT2D eigenvalue weighted by molar-refractivity contribution is 5.25. The molecule has 21 heavy (non-hydrogen) atoms. The predicted octanol–water partition coefficient (Wildman–Crippen LogP) is 2.87. The highest BCUT2D eigenvalue weighted by Crippen LogP contribution is 2.20. The summed E-state index contributed by atoms with van der Waals surface area (Å²) < 4.78 is 5.79. The van der Waals surface area contributed by atoms with Crippen LogP contribution < -0.4 is 5.32 Å². The summed E-state index contributed by atoms with van der Waals surface area (Å²) in [5, 5.41) is 3.39. The van der Waals surface area contributed by atoms with Crippen molar-refractivity contribution >= 4 is 0 Å². The van der Waals surface area contributed by atoms with Crippen molar-refractivity contribution < 1.29 is 4.74 Å². The zero-order valence-corrected chi connectivity index (χ0v) is 13.9. The van der Waals surface area contributed by atoms with E-state index in [9.17, 15) is 0 Å². The molecule has 0 aliphatic carbocycles. The van der Waals surface area contributed by atoms with Crippen LogP contribution >= 0.6 is 0 Å². The van der Waals surface area contributed by atoms with Crippen LogP contribution in [0.1, 0.15) is 37.9 Å². The van der Waals surface area contributed by atoms with E-state index in [0.717, 1.165) is 32.7 Å². The summed E-state index contributed by atoms with van der Waals surface area (Å²) in [6, 6.07) is 9.53. The Bertz CT molecular complexity index is 410. The number of benzene rings is 1. The third-order valence-electron chi connectivity index (χ3n) is 4.26. The van der Waals surface area contributed by atoms with Crippen LogP contribution in [0.2, 0.25) is 0 Å². The summed E-state index contributed by atoms with van der Waals surface area (Å²) in [7, 11) is 2.19. The predicted molar refractivity (Wildman–Crippen MR) is 88.6 cm³/mol. The molecule has 3 heteroatoms. The van der Waals surface area contributed by atoms with E-state index in [0.29, 0.717) is 18.1 Å². The van der Waals surface area contributed by atoms with Crippen LogP contribution in [0, 0.1) is 5.92 Å². The van der Waals surface area contributed by atoms with Crippen molar-refractivity contribution in [1.82, 2.24) is 10.2 Å². The molecule has 1 saturated heterocycles. The number of hydrogen-bond donors (Lipinski definition) is 1. The smallest absolute Gasteiger partial charge is 0.0826 e. The largest absolute Gasteiger partial charge is 0.374 e. The Hall–Kier alpha value is -0.900. The molecule has 0 saturated carbocycles. The second-order valence-corrected chi connectivity index (χ2v) is 6.65. The summed E-state index contributed by atoms with van der Waals surface area (Å²) in [5.41, 5.74) is 2.82. The Morgan fingerprint density at radius 3 is 2.52 bits per heavy atom. The summed E-state index contributed by atoms with van der Waals surface area (Å²) in [6.07, 6.45) is 1.47. The van der Waals surface area contributed by atoms with Gasteiger partial charge in [-0.25, -0.2) is 0 Å². The fourth-order valence-electron chi connectivity index (χ4n) is 2.87. The molecular formula is C18H30N2O. The van der Waals surface area contributed by atoms with Gasteiger partial charge in [-0.1, -0.05) is 38.1 Å². The molecule has 0 spiro atoms. The van der Waals surface area contributed by atoms with Crippen LogP contribution in [-0.2, 0) is 11.2 Å². The maximum Gasteiger partial charge on any atom is 0.0826 e. The highest BCUT2D eigenvalue weighted by Gasteiger charge is 2.19. The maximum absolute atomic E-state index is 5.79. The van der Waals surface area contributed by atoms with Gasteiger partial charge in [0.2, 0.25) is 0 Å². The van der Waals surface area contributed by atoms with Crippen LogP contribution in [0.3, 0.4) is 0 Å². The number of likely N-dealkylation sites (N-methyl/N-ethyl adjacent to an activating group) is 1. The van der Waals surface area contributed by atoms with Gasteiger partial charge < -0.3 is 10.1 Å². The fourth-order valence-corrected chi connectivity index (χ4v) is 2.87. The standard InChI is InChI=1S/C18H30N2O/c1-14(2)11-16-5-7-17(8-6-16)15(3)20(4)13-18-12-19-9-10-21-18/h5-8,14-15,18-19H,9-13H2,1-4H3. The van der Waals surface area contributed by atoms with Crippen LogP contribution in [0.25, 0.3) is 0 Å². The minimum Gasteiger partial charge on any atom is -0.374 e. The summed E-state index contributed by atoms with van der Waals surface area (Å²) >= 11 is 0. The molecule has 1 aromatic rings. The first-order valence-electron chi connectivity index (χ1n) is 8.17. The Labute approximate surface area is 129 Å². The Morgan fingerprint density at radius 1 is 1.24 bits per heavy atom. The number of hydrogen-bond acceptors (Lipinski definition) is 3. The minimum atomic E-state index is 0.311. The van der Waals surface area contributed by atoms with E-state index in [1.54, 1.807) is 0 Å². The number of ether oxygens (including phenoxy) is 1. The van der Waals surface area contributed by atoms with E-state index < -0.39 is 0 Å². The summed E-state index contributed by atoms with van der Waals surface area (Å²) in [6.45, 7) is 10.6. The third-order valence-corrected chi connectivity index (χ3v) is 4.26. The van der Waals surface area contributed by atoms with Crippen molar-refractivity contribution in [1.29, 1.82) is 0 Å². The van der Waals surface area contributed by atoms with Gasteiger partial charge >= 0.3 is 0 Å². The van der Waals surface area contributed by atoms with E-state index in [-0.39, 0.29) is 0 Å². The molecular weight excluding hydrogens is 260 g/mol. The van der Waals surface area contributed by atoms with Crippen molar-refractivity contribution in [2.24, 2.45) is 5.92 Å². The second-order valence-electron chi connectivity index (χ2n) is 6.65. The van der Waals surface area contributed by atoms with E-state index in [1.807, 2.05) is 0 Å². The van der Waals surface area contributed by atoms with Crippen molar-refractivity contribution in [2.45, 2.75) is 39.3 Å². The maximum atomic E-state index is 5.79. The van der Waals surface area contributed by atoms with Gasteiger partial charge in [0, 0.05) is 25.7 Å². The van der Waals surface area contributed by atoms with Gasteiger partial charge in [0.1, 0.15) is 0 Å². The Balaban J connectivity index is 1.90. The number of rotatable bonds is 6. The molecule has 2 rings (SSSR count). The lowest BCUT2D eigenvalue weighted by molar-refractivity contribution is 0.00393. The molecule has 2 atom stereocenters. The van der Waals surface area contributed by atoms with E-state index in [2.05, 4.69) is 62.3 Å². The van der Waals surface area contributed by atoms with Gasteiger partial charge in [0.15, 0.2) is 0 Å². The molecule has 118 valence electrons. The van der Waals surface area contributed by atoms with Crippen molar-refractivity contribution in [3.8, 4) is 0 Å². The van der Waals surface area contributed by atoms with Crippen molar-refractivity contribution in [2.75, 3.05) is 33.3 Å². The van der Waals surface area contributed by atoms with E-state index in [1.165, 1.54) is 11.1 Å². The molecule has 1 heterocycles. The average Bonchev–Trinajstić information content (AvgIpc) is 2.47. The van der Waals surface area contributed by atoms with Crippen molar-refractivity contribution in [3.05, 3.63) is 35.4 Å². The minimum absolute atomic E-state index is 0.311. The molecule has 0 bridgehead atoms. The topological polar surface area (TPSA) is 24.5 Å².